The molecule has 48 nitrogen and oxygen atoms in total. The zero-order chi connectivity index (χ0) is 109. The second-order valence-corrected chi connectivity index (χ2v) is 36.6. The van der Waals surface area contributed by atoms with Crippen LogP contribution in [0.25, 0.3) is 0 Å². The predicted octanol–water partition coefficient (Wildman–Crippen LogP) is 5.44. The van der Waals surface area contributed by atoms with Gasteiger partial charge in [0, 0.05) is 65.5 Å². The molecule has 15 atom stereocenters. The molecule has 2 bridgehead atoms. The Balaban J connectivity index is 0.000000828. The number of hydrogen-bond acceptors (Lipinski definition) is 43. The maximum Gasteiger partial charge on any atom is 0.509 e. The third-order valence-corrected chi connectivity index (χ3v) is 19.7. The molecule has 141 heavy (non-hydrogen) atoms. The summed E-state index contributed by atoms with van der Waals surface area (Å²) in [4.78, 5) is 253. The number of aliphatic carboxylic acids is 4. The highest BCUT2D eigenvalue weighted by atomic mass is 16.8. The number of piperidine rings is 1. The van der Waals surface area contributed by atoms with Crippen LogP contribution in [0, 0.1) is 6.92 Å². The van der Waals surface area contributed by atoms with E-state index in [1.165, 1.54) is 74.8 Å². The van der Waals surface area contributed by atoms with Crippen molar-refractivity contribution in [2.24, 2.45) is 0 Å². The molecule has 5 fully saturated rings. The van der Waals surface area contributed by atoms with Crippen molar-refractivity contribution in [2.75, 3.05) is 13.6 Å². The van der Waals surface area contributed by atoms with Crippen molar-refractivity contribution in [1.29, 1.82) is 0 Å². The summed E-state index contributed by atoms with van der Waals surface area (Å²) < 4.78 is 74.7. The number of aryl methyl sites for hydroxylation is 1. The molecule has 2 aromatic rings. The number of amides is 2. The number of Topliss-reactive ketones (excluding diaryl/α,β-unsaturated/α-hetero) is 5. The third kappa shape index (κ3) is 44.2. The number of imide groups is 1. The van der Waals surface area contributed by atoms with Gasteiger partial charge in [-0.1, -0.05) is 42.5 Å². The number of carboxylic acid groups (broad SMARTS) is 4. The van der Waals surface area contributed by atoms with Crippen LogP contribution in [0.2, 0.25) is 0 Å². The first kappa shape index (κ1) is 126. The Morgan fingerprint density at radius 3 is 1.26 bits per heavy atom. The molecular formula is C93H132N2O46. The summed E-state index contributed by atoms with van der Waals surface area (Å²) in [5, 5.41) is 69.2. The zero-order valence-electron chi connectivity index (χ0n) is 83.7. The molecule has 7 aliphatic rings. The highest BCUT2D eigenvalue weighted by Crippen LogP contribution is 2.63. The van der Waals surface area contributed by atoms with Gasteiger partial charge in [0.05, 0.1) is 43.1 Å². The summed E-state index contributed by atoms with van der Waals surface area (Å²) in [6.07, 6.45) is -16.4. The van der Waals surface area contributed by atoms with Gasteiger partial charge in [-0.05, 0) is 188 Å². The molecular weight excluding hydrogens is 1880 g/mol. The third-order valence-electron chi connectivity index (χ3n) is 19.7. The van der Waals surface area contributed by atoms with E-state index in [-0.39, 0.29) is 66.5 Å². The molecule has 0 aromatic heterocycles. The lowest BCUT2D eigenvalue weighted by Crippen LogP contribution is -2.76. The maximum atomic E-state index is 12.6. The number of hydrogen-bond donors (Lipinski definition) is 8. The van der Waals surface area contributed by atoms with Crippen molar-refractivity contribution in [1.82, 2.24) is 9.96 Å². The monoisotopic (exact) mass is 2010 g/mol. The minimum Gasteiger partial charge on any atom is -0.481 e. The average molecular weight is 2010 g/mol. The topological polar surface area (TPSA) is 692 Å². The van der Waals surface area contributed by atoms with Gasteiger partial charge < -0.3 is 122 Å². The van der Waals surface area contributed by atoms with E-state index in [9.17, 15) is 106 Å². The first-order chi connectivity index (χ1) is 64.4. The van der Waals surface area contributed by atoms with E-state index < -0.39 is 239 Å². The molecule has 8 N–H and O–H groups in total. The molecule has 5 heterocycles. The second kappa shape index (κ2) is 55.3. The van der Waals surface area contributed by atoms with Crippen LogP contribution in [0.15, 0.2) is 42.5 Å². The van der Waals surface area contributed by atoms with Crippen LogP contribution in [0.5, 0.6) is 5.75 Å². The lowest BCUT2D eigenvalue weighted by Gasteiger charge is -2.62. The van der Waals surface area contributed by atoms with Crippen molar-refractivity contribution in [2.45, 2.75) is 369 Å². The summed E-state index contributed by atoms with van der Waals surface area (Å²) in [7, 11) is 2.09. The molecule has 1 spiro atoms. The van der Waals surface area contributed by atoms with E-state index in [4.69, 9.17) is 107 Å². The molecule has 2 amide bonds. The molecule has 2 aliphatic carbocycles. The van der Waals surface area contributed by atoms with E-state index in [1.807, 2.05) is 13.0 Å². The van der Waals surface area contributed by atoms with Gasteiger partial charge in [0.1, 0.15) is 41.4 Å². The number of carboxylic acids is 4. The fourth-order valence-corrected chi connectivity index (χ4v) is 12.7. The van der Waals surface area contributed by atoms with Crippen molar-refractivity contribution < 1.29 is 222 Å². The van der Waals surface area contributed by atoms with Gasteiger partial charge in [0.2, 0.25) is 23.8 Å². The van der Waals surface area contributed by atoms with Crippen LogP contribution < -0.4 is 4.74 Å². The van der Waals surface area contributed by atoms with E-state index in [2.05, 4.69) is 33.7 Å². The minimum atomic E-state index is -1.86. The molecule has 790 valence electrons. The summed E-state index contributed by atoms with van der Waals surface area (Å²) >= 11 is 0. The summed E-state index contributed by atoms with van der Waals surface area (Å²) in [5.74, 6) is -16.0. The van der Waals surface area contributed by atoms with Crippen LogP contribution in [0.4, 0.5) is 9.59 Å². The Hall–Kier alpha value is -12.9. The largest absolute Gasteiger partial charge is 0.509 e. The molecule has 9 rings (SSSR count). The average Bonchev–Trinajstić information content (AvgIpc) is 1.53. The molecule has 1 saturated carbocycles. The number of ether oxygens (including phenoxy) is 15. The number of nitrogens with zero attached hydrogens (tertiary/aromatic N) is 2. The summed E-state index contributed by atoms with van der Waals surface area (Å²) in [5.41, 5.74) is 0.550. The van der Waals surface area contributed by atoms with Crippen molar-refractivity contribution >= 4 is 131 Å². The Morgan fingerprint density at radius 1 is 0.496 bits per heavy atom. The lowest BCUT2D eigenvalue weighted by molar-refractivity contribution is -0.205. The molecule has 48 heteroatoms. The first-order valence-corrected chi connectivity index (χ1v) is 44.0. The number of esters is 8. The van der Waals surface area contributed by atoms with Crippen LogP contribution in [0.3, 0.4) is 0 Å². The van der Waals surface area contributed by atoms with Gasteiger partial charge in [-0.25, -0.2) is 43.2 Å². The Kier molecular flexibility index (Phi) is 49.5. The van der Waals surface area contributed by atoms with Crippen LogP contribution in [0.1, 0.15) is 253 Å². The van der Waals surface area contributed by atoms with Gasteiger partial charge in [-0.15, -0.1) is 5.06 Å². The standard InChI is InChI=1S/C20H26O8.C18H21NO3.C17H23NO10.C11H16O6.C8H12O6.C7H10O5.C7H14O3.C3H6O3.C2H4O2/c1-13(21)14(2)26-17(22)11-16(27-19(24)28-20(3,4)5)18(23)25-12-15-9-7-6-8-10-15;1-10-3-4-11-9-13-18(21)6-5-12(20)16-17(18,7-8-19(13)2)14(11)15(10)22-16;1-9(19)10(2)25-14(22)8-11(26-16(24)27-17(3,4)5)15(23)28-18-12(20)6-7-13(18)21;1-6(12)7(2)15-9(13)5-8-10(14)17-11(3,4)16-8;1-4(9)5(2)14-7(11)3-6(10)8(12)13;1-7(2)11-4(3-5(8)9)6(10)12-7;1-5(8)6(9)10-7(2,3)4;1-2(4)3(5)6;1-2(3)4/h6-10,14,16H,11-12H2,1-5H3;3-4,13,16,21H,5-9H2,1-2H3;10-11H,6-8H2,1-5H3;7-8H,5H2,1-4H3;5-6,10H,3H2,1-2H3,(H,12,13);4H,3H2,1-2H3,(H,8,9);5,8H,1-4H3;2,4H,1H3,(H,5,6);1H3,(H,3,4)/t14-,16-;13-,16+,17+,18-;10-,11-;7-,8-;5-,6-;4-;5-;2-;/m01000000./s1. The highest BCUT2D eigenvalue weighted by Gasteiger charge is 2.72. The molecule has 5 aliphatic heterocycles. The SMILES string of the molecule is CC(=O)O.CC(=O)[C@H](C)OC(=O)C[C@@H]1OC(C)(C)OC1=O.CC(=O)[C@H](C)OC(=O)C[C@H](O)C(=O)O.CC(=O)[C@H](C)OC(=O)C[C@H](OC(=O)OC(C)(C)C)C(=O)OCc1ccccc1.CC(=O)[C@H](C)OC(=O)C[C@H](OC(=O)OC(C)(C)C)C(=O)ON1C(=O)CCC1=O.CC1(C)OC(=O)[C@H](CC(=O)O)O1.C[C@H](O)C(=O)O.C[C@H](O)C(=O)OC(C)(C)C.Cc1ccc2c3c1O[C@H]1C(=O)CC[C@@]4(O)[C@@H](C2)N(C)CC[C@]314. The molecule has 2 aromatic carbocycles. The van der Waals surface area contributed by atoms with E-state index in [0.29, 0.717) is 12.8 Å². The van der Waals surface area contributed by atoms with Gasteiger partial charge in [-0.3, -0.25) is 62.3 Å². The predicted molar refractivity (Wildman–Crippen MR) is 476 cm³/mol. The van der Waals surface area contributed by atoms with Crippen LogP contribution in [-0.2, 0) is 185 Å². The molecule has 0 radical (unpaired) electrons. The number of benzene rings is 2. The van der Waals surface area contributed by atoms with Gasteiger partial charge in [-0.2, -0.15) is 0 Å². The normalized spacial score (nSPS) is 20.8. The first-order valence-electron chi connectivity index (χ1n) is 44.0. The fraction of sp³-hybridized carbons (Fsp3) is 0.634. The number of ketones is 5. The lowest BCUT2D eigenvalue weighted by atomic mass is 9.49. The number of aliphatic hydroxyl groups excluding tert-OH is 3. The van der Waals surface area contributed by atoms with Crippen LogP contribution in [-0.4, -0.2) is 308 Å². The van der Waals surface area contributed by atoms with Crippen molar-refractivity contribution in [3.8, 4) is 5.75 Å². The van der Waals surface area contributed by atoms with E-state index in [0.717, 1.165) is 48.8 Å². The number of carbonyl (C=O) groups excluding carboxylic acids is 18. The van der Waals surface area contributed by atoms with Gasteiger partial charge >= 0.3 is 83.9 Å². The number of aliphatic hydroxyl groups is 4. The smallest absolute Gasteiger partial charge is 0.481 e. The number of likely N-dealkylation sites (tertiary alicyclic amines) is 1. The maximum absolute atomic E-state index is 12.6. The van der Waals surface area contributed by atoms with Gasteiger partial charge in [0.25, 0.3) is 17.8 Å². The Bertz CT molecular complexity index is 4750. The highest BCUT2D eigenvalue weighted by molar-refractivity contribution is 6.02. The minimum absolute atomic E-state index is 0.0627. The number of rotatable bonds is 28. The van der Waals surface area contributed by atoms with Crippen LogP contribution >= 0.6 is 0 Å². The van der Waals surface area contributed by atoms with Crippen molar-refractivity contribution in [3.63, 3.8) is 0 Å². The summed E-state index contributed by atoms with van der Waals surface area (Å²) in [6.45, 7) is 38.2. The Morgan fingerprint density at radius 2 is 0.894 bits per heavy atom. The Labute approximate surface area is 812 Å². The second-order valence-electron chi connectivity index (χ2n) is 36.6. The number of carbonyl (C=O) groups is 22. The molecule has 0 unspecified atom stereocenters. The quantitative estimate of drug-likeness (QED) is 0.0298. The van der Waals surface area contributed by atoms with E-state index in [1.54, 1.807) is 114 Å². The fourth-order valence-electron chi connectivity index (χ4n) is 12.7. The number of hydroxylamine groups is 2. The molecule has 4 saturated heterocycles. The van der Waals surface area contributed by atoms with Gasteiger partial charge in [0.15, 0.2) is 77.7 Å². The number of cyclic esters (lactones) is 2. The summed E-state index contributed by atoms with van der Waals surface area (Å²) in [6, 6.07) is 13.2. The van der Waals surface area contributed by atoms with E-state index >= 15 is 0 Å². The number of likely N-dealkylation sites (N-methyl/N-ethyl adjacent to an activating group) is 1. The van der Waals surface area contributed by atoms with Crippen molar-refractivity contribution in [3.05, 3.63) is 64.7 Å². The zero-order valence-corrected chi connectivity index (χ0v) is 83.7.